The predicted molar refractivity (Wildman–Crippen MR) is 106 cm³/mol. The van der Waals surface area contributed by atoms with Crippen molar-refractivity contribution < 1.29 is 23.5 Å². The van der Waals surface area contributed by atoms with Crippen molar-refractivity contribution in [2.75, 3.05) is 26.6 Å². The van der Waals surface area contributed by atoms with Crippen LogP contribution in [0.25, 0.3) is 10.6 Å². The van der Waals surface area contributed by atoms with E-state index in [0.29, 0.717) is 25.5 Å². The van der Waals surface area contributed by atoms with Crippen LogP contribution in [0, 0.1) is 0 Å². The van der Waals surface area contributed by atoms with Gasteiger partial charge >= 0.3 is 0 Å². The summed E-state index contributed by atoms with van der Waals surface area (Å²) in [6.45, 7) is 2.02. The summed E-state index contributed by atoms with van der Waals surface area (Å²) in [5.41, 5.74) is 1.17. The van der Waals surface area contributed by atoms with Crippen LogP contribution in [0.3, 0.4) is 0 Å². The fraction of sp³-hybridized carbons (Fsp3) is 0.333. The molecule has 0 unspecified atom stereocenters. The fourth-order valence-corrected chi connectivity index (χ4v) is 4.49. The molecule has 0 atom stereocenters. The van der Waals surface area contributed by atoms with E-state index in [1.54, 1.807) is 17.4 Å². The summed E-state index contributed by atoms with van der Waals surface area (Å²) in [6.07, 6.45) is 1.62. The number of thiophene rings is 1. The molecule has 0 saturated carbocycles. The second-order valence-corrected chi connectivity index (χ2v) is 8.14. The van der Waals surface area contributed by atoms with Crippen molar-refractivity contribution in [3.8, 4) is 22.1 Å². The van der Waals surface area contributed by atoms with Crippen molar-refractivity contribution in [1.29, 1.82) is 0 Å². The lowest BCUT2D eigenvalue weighted by Gasteiger charge is -2.38. The standard InChI is InChI=1S/C21H20N2O5S/c24-20(15-11-18(28-23-15)19-2-1-9-29-19)22-12-21(5-7-25-8-6-21)14-3-4-16-17(10-14)27-13-26-16/h1-4,9-11H,5-8,12-13H2,(H,22,24). The Bertz CT molecular complexity index is 1010. The molecule has 1 saturated heterocycles. The molecule has 1 fully saturated rings. The Morgan fingerprint density at radius 2 is 2.00 bits per heavy atom. The maximum absolute atomic E-state index is 12.7. The largest absolute Gasteiger partial charge is 0.454 e. The number of hydrogen-bond donors (Lipinski definition) is 1. The normalized spacial score (nSPS) is 17.2. The molecule has 4 heterocycles. The maximum Gasteiger partial charge on any atom is 0.273 e. The van der Waals surface area contributed by atoms with Gasteiger partial charge in [-0.1, -0.05) is 17.3 Å². The Kier molecular flexibility index (Phi) is 4.73. The number of fused-ring (bicyclic) bond motifs is 1. The molecule has 8 heteroatoms. The zero-order valence-corrected chi connectivity index (χ0v) is 16.5. The van der Waals surface area contributed by atoms with E-state index in [0.717, 1.165) is 34.8 Å². The van der Waals surface area contributed by atoms with E-state index < -0.39 is 0 Å². The van der Waals surface area contributed by atoms with Crippen LogP contribution in [-0.4, -0.2) is 37.6 Å². The van der Waals surface area contributed by atoms with E-state index in [1.165, 1.54) is 0 Å². The van der Waals surface area contributed by atoms with Gasteiger partial charge in [0.25, 0.3) is 5.91 Å². The number of amides is 1. The van der Waals surface area contributed by atoms with Crippen LogP contribution in [0.1, 0.15) is 28.9 Å². The van der Waals surface area contributed by atoms with Crippen molar-refractivity contribution in [3.63, 3.8) is 0 Å². The lowest BCUT2D eigenvalue weighted by molar-refractivity contribution is 0.0485. The first-order valence-electron chi connectivity index (χ1n) is 9.50. The van der Waals surface area contributed by atoms with E-state index in [2.05, 4.69) is 16.5 Å². The average molecular weight is 412 g/mol. The van der Waals surface area contributed by atoms with Crippen LogP contribution in [0.5, 0.6) is 11.5 Å². The van der Waals surface area contributed by atoms with Gasteiger partial charge in [-0.3, -0.25) is 4.79 Å². The predicted octanol–water partition coefficient (Wildman–Crippen LogP) is 3.61. The summed E-state index contributed by atoms with van der Waals surface area (Å²) in [5, 5.41) is 8.94. The van der Waals surface area contributed by atoms with Gasteiger partial charge in [0.05, 0.1) is 4.88 Å². The van der Waals surface area contributed by atoms with Gasteiger partial charge in [-0.2, -0.15) is 0 Å². The van der Waals surface area contributed by atoms with Crippen molar-refractivity contribution in [2.24, 2.45) is 0 Å². The molecule has 0 radical (unpaired) electrons. The van der Waals surface area contributed by atoms with Gasteiger partial charge in [-0.15, -0.1) is 11.3 Å². The number of nitrogens with zero attached hydrogens (tertiary/aromatic N) is 1. The van der Waals surface area contributed by atoms with Crippen molar-refractivity contribution in [1.82, 2.24) is 10.5 Å². The van der Waals surface area contributed by atoms with Gasteiger partial charge < -0.3 is 24.1 Å². The summed E-state index contributed by atoms with van der Waals surface area (Å²) in [7, 11) is 0. The Labute approximate surface area is 171 Å². The first kappa shape index (κ1) is 18.2. The molecule has 2 aliphatic rings. The van der Waals surface area contributed by atoms with Gasteiger partial charge in [0.15, 0.2) is 23.0 Å². The molecule has 5 rings (SSSR count). The van der Waals surface area contributed by atoms with Crippen LogP contribution in [-0.2, 0) is 10.2 Å². The smallest absolute Gasteiger partial charge is 0.273 e. The number of rotatable bonds is 5. The highest BCUT2D eigenvalue weighted by Crippen LogP contribution is 2.40. The molecule has 2 aromatic heterocycles. The highest BCUT2D eigenvalue weighted by Gasteiger charge is 2.36. The topological polar surface area (TPSA) is 82.8 Å². The van der Waals surface area contributed by atoms with E-state index >= 15 is 0 Å². The monoisotopic (exact) mass is 412 g/mol. The molecule has 2 aliphatic heterocycles. The minimum absolute atomic E-state index is 0.227. The molecule has 7 nitrogen and oxygen atoms in total. The Morgan fingerprint density at radius 3 is 2.83 bits per heavy atom. The molecule has 1 aromatic carbocycles. The third-order valence-electron chi connectivity index (χ3n) is 5.53. The maximum atomic E-state index is 12.7. The number of carbonyl (C=O) groups excluding carboxylic acids is 1. The van der Waals surface area contributed by atoms with Gasteiger partial charge in [-0.05, 0) is 42.0 Å². The minimum Gasteiger partial charge on any atom is -0.454 e. The van der Waals surface area contributed by atoms with Gasteiger partial charge in [-0.25, -0.2) is 0 Å². The van der Waals surface area contributed by atoms with Gasteiger partial charge in [0, 0.05) is 31.2 Å². The SMILES string of the molecule is O=C(NCC1(c2ccc3c(c2)OCO3)CCOCC1)c1cc(-c2cccs2)on1. The van der Waals surface area contributed by atoms with Crippen LogP contribution in [0.15, 0.2) is 46.3 Å². The van der Waals surface area contributed by atoms with E-state index in [4.69, 9.17) is 18.7 Å². The molecule has 0 bridgehead atoms. The quantitative estimate of drug-likeness (QED) is 0.689. The van der Waals surface area contributed by atoms with Crippen LogP contribution in [0.2, 0.25) is 0 Å². The third kappa shape index (κ3) is 3.49. The fourth-order valence-electron chi connectivity index (χ4n) is 3.81. The number of aromatic nitrogens is 1. The Morgan fingerprint density at radius 1 is 1.14 bits per heavy atom. The first-order valence-corrected chi connectivity index (χ1v) is 10.4. The Balaban J connectivity index is 1.34. The number of ether oxygens (including phenoxy) is 3. The van der Waals surface area contributed by atoms with Crippen LogP contribution >= 0.6 is 11.3 Å². The van der Waals surface area contributed by atoms with Crippen LogP contribution in [0.4, 0.5) is 0 Å². The molecule has 3 aromatic rings. The third-order valence-corrected chi connectivity index (χ3v) is 6.41. The van der Waals surface area contributed by atoms with Gasteiger partial charge in [0.2, 0.25) is 6.79 Å². The number of benzene rings is 1. The molecule has 1 amide bonds. The Hall–Kier alpha value is -2.84. The summed E-state index contributed by atoms with van der Waals surface area (Å²) >= 11 is 1.54. The second kappa shape index (κ2) is 7.53. The lowest BCUT2D eigenvalue weighted by Crippen LogP contribution is -2.44. The molecule has 0 aliphatic carbocycles. The summed E-state index contributed by atoms with van der Waals surface area (Å²) in [4.78, 5) is 13.7. The van der Waals surface area contributed by atoms with Crippen molar-refractivity contribution in [3.05, 3.63) is 53.0 Å². The first-order chi connectivity index (χ1) is 14.2. The van der Waals surface area contributed by atoms with E-state index in [-0.39, 0.29) is 23.8 Å². The van der Waals surface area contributed by atoms with Gasteiger partial charge in [0.1, 0.15) is 0 Å². The van der Waals surface area contributed by atoms with E-state index in [1.807, 2.05) is 29.6 Å². The molecular weight excluding hydrogens is 392 g/mol. The second-order valence-electron chi connectivity index (χ2n) is 7.20. The molecule has 29 heavy (non-hydrogen) atoms. The number of hydrogen-bond acceptors (Lipinski definition) is 7. The highest BCUT2D eigenvalue weighted by atomic mass is 32.1. The van der Waals surface area contributed by atoms with E-state index in [9.17, 15) is 4.79 Å². The zero-order valence-electron chi connectivity index (χ0n) is 15.7. The molecule has 0 spiro atoms. The molecule has 150 valence electrons. The van der Waals surface area contributed by atoms with Crippen LogP contribution < -0.4 is 14.8 Å². The molecule has 1 N–H and O–H groups in total. The lowest BCUT2D eigenvalue weighted by atomic mass is 9.74. The zero-order chi connectivity index (χ0) is 19.7. The number of carbonyl (C=O) groups is 1. The molecular formula is C21H20N2O5S. The summed E-state index contributed by atoms with van der Waals surface area (Å²) in [5.74, 6) is 1.85. The minimum atomic E-state index is -0.247. The summed E-state index contributed by atoms with van der Waals surface area (Å²) < 4.78 is 21.9. The summed E-state index contributed by atoms with van der Waals surface area (Å²) in [6, 6.07) is 11.5. The number of nitrogens with one attached hydrogen (secondary N) is 1. The highest BCUT2D eigenvalue weighted by molar-refractivity contribution is 7.13. The van der Waals surface area contributed by atoms with Crippen molar-refractivity contribution in [2.45, 2.75) is 18.3 Å². The van der Waals surface area contributed by atoms with Crippen molar-refractivity contribution >= 4 is 17.2 Å². The average Bonchev–Trinajstić information content (AvgIpc) is 3.53.